The Kier molecular flexibility index (Phi) is 2.28. The lowest BCUT2D eigenvalue weighted by molar-refractivity contribution is 0.0689. The maximum absolute atomic E-state index is 10.5. The van der Waals surface area contributed by atoms with E-state index in [2.05, 4.69) is 26.1 Å². The Bertz CT molecular complexity index is 282. The number of hydrogen-bond acceptors (Lipinski definition) is 2. The second-order valence-electron chi connectivity index (χ2n) is 2.11. The first-order chi connectivity index (χ1) is 5.16. The Labute approximate surface area is 71.7 Å². The summed E-state index contributed by atoms with van der Waals surface area (Å²) in [5, 5.41) is 15.4. The molecule has 4 nitrogen and oxygen atoms in total. The molecule has 0 amide bonds. The molecule has 11 heavy (non-hydrogen) atoms. The highest BCUT2D eigenvalue weighted by Gasteiger charge is 2.13. The third-order valence-electron chi connectivity index (χ3n) is 1.45. The summed E-state index contributed by atoms with van der Waals surface area (Å²) in [6, 6.07) is 0. The number of nitrogens with zero attached hydrogens (tertiary/aromatic N) is 1. The molecule has 60 valence electrons. The van der Waals surface area contributed by atoms with Crippen LogP contribution in [0.1, 0.15) is 21.7 Å². The van der Waals surface area contributed by atoms with Crippen LogP contribution in [-0.4, -0.2) is 21.3 Å². The van der Waals surface area contributed by atoms with Gasteiger partial charge in [-0.25, -0.2) is 4.79 Å². The normalized spacial score (nSPS) is 10.0. The van der Waals surface area contributed by atoms with Crippen LogP contribution in [0, 0.1) is 6.92 Å². The lowest BCUT2D eigenvalue weighted by atomic mass is 10.2. The summed E-state index contributed by atoms with van der Waals surface area (Å²) < 4.78 is 0. The lowest BCUT2D eigenvalue weighted by Crippen LogP contribution is -1.98. The van der Waals surface area contributed by atoms with E-state index in [4.69, 9.17) is 5.11 Å². The van der Waals surface area contributed by atoms with E-state index >= 15 is 0 Å². The van der Waals surface area contributed by atoms with Gasteiger partial charge in [-0.2, -0.15) is 5.10 Å². The summed E-state index contributed by atoms with van der Waals surface area (Å²) in [6.45, 7) is 1.73. The van der Waals surface area contributed by atoms with Gasteiger partial charge in [0, 0.05) is 16.6 Å². The monoisotopic (exact) mass is 218 g/mol. The Morgan fingerprint density at radius 1 is 1.82 bits per heavy atom. The zero-order valence-electron chi connectivity index (χ0n) is 5.89. The molecule has 0 saturated carbocycles. The fourth-order valence-corrected chi connectivity index (χ4v) is 1.32. The molecule has 1 aromatic heterocycles. The van der Waals surface area contributed by atoms with Crippen molar-refractivity contribution in [3.63, 3.8) is 0 Å². The van der Waals surface area contributed by atoms with Gasteiger partial charge in [-0.05, 0) is 6.92 Å². The number of carbonyl (C=O) groups is 1. The second-order valence-corrected chi connectivity index (χ2v) is 2.68. The van der Waals surface area contributed by atoms with Gasteiger partial charge in [-0.1, -0.05) is 15.9 Å². The first-order valence-electron chi connectivity index (χ1n) is 3.00. The zero-order valence-corrected chi connectivity index (χ0v) is 7.47. The number of alkyl halides is 1. The highest BCUT2D eigenvalue weighted by atomic mass is 79.9. The van der Waals surface area contributed by atoms with E-state index in [1.807, 2.05) is 0 Å². The molecule has 0 aromatic carbocycles. The molecule has 0 aliphatic rings. The van der Waals surface area contributed by atoms with Crippen molar-refractivity contribution in [3.05, 3.63) is 17.0 Å². The van der Waals surface area contributed by atoms with E-state index in [-0.39, 0.29) is 5.69 Å². The molecule has 0 fully saturated rings. The minimum absolute atomic E-state index is 0.0967. The van der Waals surface area contributed by atoms with E-state index in [1.165, 1.54) is 0 Å². The molecule has 5 heteroatoms. The number of carboxylic acids is 1. The fraction of sp³-hybridized carbons (Fsp3) is 0.333. The van der Waals surface area contributed by atoms with Crippen LogP contribution in [0.15, 0.2) is 0 Å². The summed E-state index contributed by atoms with van der Waals surface area (Å²) >= 11 is 3.21. The van der Waals surface area contributed by atoms with Crippen LogP contribution in [0.2, 0.25) is 0 Å². The molecule has 0 aliphatic heterocycles. The molecule has 0 unspecified atom stereocenters. The van der Waals surface area contributed by atoms with Gasteiger partial charge >= 0.3 is 5.97 Å². The maximum atomic E-state index is 10.5. The second kappa shape index (κ2) is 3.04. The molecule has 0 saturated heterocycles. The predicted molar refractivity (Wildman–Crippen MR) is 42.9 cm³/mol. The SMILES string of the molecule is Cc1c(C(=O)O)n[nH]c1CBr. The molecular formula is C6H7BrN2O2. The molecule has 1 rings (SSSR count). The fourth-order valence-electron chi connectivity index (χ4n) is 0.772. The number of aromatic nitrogens is 2. The zero-order chi connectivity index (χ0) is 8.43. The maximum Gasteiger partial charge on any atom is 0.356 e. The quantitative estimate of drug-likeness (QED) is 0.737. The molecule has 0 bridgehead atoms. The Morgan fingerprint density at radius 2 is 2.45 bits per heavy atom. The van der Waals surface area contributed by atoms with Crippen molar-refractivity contribution >= 4 is 21.9 Å². The standard InChI is InChI=1S/C6H7BrN2O2/c1-3-4(2-7)8-9-5(3)6(10)11/h2H2,1H3,(H,8,9)(H,10,11). The number of H-pyrrole nitrogens is 1. The number of halogens is 1. The molecule has 0 spiro atoms. The molecule has 0 aliphatic carbocycles. The van der Waals surface area contributed by atoms with Crippen molar-refractivity contribution in [1.82, 2.24) is 10.2 Å². The minimum Gasteiger partial charge on any atom is -0.476 e. The van der Waals surface area contributed by atoms with Crippen LogP contribution in [0.5, 0.6) is 0 Å². The number of aromatic amines is 1. The first-order valence-corrected chi connectivity index (χ1v) is 4.12. The average molecular weight is 219 g/mol. The van der Waals surface area contributed by atoms with Crippen molar-refractivity contribution in [3.8, 4) is 0 Å². The first kappa shape index (κ1) is 8.26. The van der Waals surface area contributed by atoms with Crippen LogP contribution >= 0.6 is 15.9 Å². The van der Waals surface area contributed by atoms with Crippen molar-refractivity contribution in [2.45, 2.75) is 12.3 Å². The van der Waals surface area contributed by atoms with E-state index in [9.17, 15) is 4.79 Å². The molecular weight excluding hydrogens is 212 g/mol. The van der Waals surface area contributed by atoms with Crippen LogP contribution < -0.4 is 0 Å². The topological polar surface area (TPSA) is 66.0 Å². The van der Waals surface area contributed by atoms with Crippen LogP contribution in [0.25, 0.3) is 0 Å². The third kappa shape index (κ3) is 1.42. The summed E-state index contributed by atoms with van der Waals surface area (Å²) in [5.41, 5.74) is 1.59. The van der Waals surface area contributed by atoms with Gasteiger partial charge < -0.3 is 5.11 Å². The predicted octanol–water partition coefficient (Wildman–Crippen LogP) is 1.31. The third-order valence-corrected chi connectivity index (χ3v) is 2.01. The number of carboxylic acid groups (broad SMARTS) is 1. The van der Waals surface area contributed by atoms with E-state index in [1.54, 1.807) is 6.92 Å². The largest absolute Gasteiger partial charge is 0.476 e. The highest BCUT2D eigenvalue weighted by molar-refractivity contribution is 9.08. The Balaban J connectivity index is 3.10. The van der Waals surface area contributed by atoms with Crippen LogP contribution in [0.4, 0.5) is 0 Å². The smallest absolute Gasteiger partial charge is 0.356 e. The van der Waals surface area contributed by atoms with E-state index in [0.717, 1.165) is 5.69 Å². The van der Waals surface area contributed by atoms with E-state index < -0.39 is 5.97 Å². The Morgan fingerprint density at radius 3 is 2.73 bits per heavy atom. The van der Waals surface area contributed by atoms with Crippen molar-refractivity contribution < 1.29 is 9.90 Å². The van der Waals surface area contributed by atoms with Gasteiger partial charge in [0.2, 0.25) is 0 Å². The van der Waals surface area contributed by atoms with Crippen LogP contribution in [-0.2, 0) is 5.33 Å². The van der Waals surface area contributed by atoms with Gasteiger partial charge in [0.25, 0.3) is 0 Å². The van der Waals surface area contributed by atoms with Gasteiger partial charge in [0.1, 0.15) is 0 Å². The molecule has 0 radical (unpaired) electrons. The number of aromatic carboxylic acids is 1. The van der Waals surface area contributed by atoms with Gasteiger partial charge in [-0.15, -0.1) is 0 Å². The number of nitrogens with one attached hydrogen (secondary N) is 1. The number of rotatable bonds is 2. The van der Waals surface area contributed by atoms with Gasteiger partial charge in [0.15, 0.2) is 5.69 Å². The summed E-state index contributed by atoms with van der Waals surface area (Å²) in [6.07, 6.45) is 0. The molecule has 1 aromatic rings. The van der Waals surface area contributed by atoms with E-state index in [0.29, 0.717) is 10.9 Å². The summed E-state index contributed by atoms with van der Waals surface area (Å²) in [5.74, 6) is -0.994. The lowest BCUT2D eigenvalue weighted by Gasteiger charge is -1.90. The van der Waals surface area contributed by atoms with Crippen molar-refractivity contribution in [1.29, 1.82) is 0 Å². The van der Waals surface area contributed by atoms with Crippen molar-refractivity contribution in [2.24, 2.45) is 0 Å². The summed E-state index contributed by atoms with van der Waals surface area (Å²) in [4.78, 5) is 10.5. The summed E-state index contributed by atoms with van der Waals surface area (Å²) in [7, 11) is 0. The molecule has 0 atom stereocenters. The number of hydrogen-bond donors (Lipinski definition) is 2. The van der Waals surface area contributed by atoms with Gasteiger partial charge in [0.05, 0.1) is 0 Å². The Hall–Kier alpha value is -0.840. The minimum atomic E-state index is -0.994. The highest BCUT2D eigenvalue weighted by Crippen LogP contribution is 2.12. The molecule has 1 heterocycles. The van der Waals surface area contributed by atoms with Crippen LogP contribution in [0.3, 0.4) is 0 Å². The van der Waals surface area contributed by atoms with Crippen molar-refractivity contribution in [2.75, 3.05) is 0 Å². The average Bonchev–Trinajstić information content (AvgIpc) is 2.30. The molecule has 2 N–H and O–H groups in total. The van der Waals surface area contributed by atoms with Gasteiger partial charge in [-0.3, -0.25) is 5.10 Å².